The first-order valence-electron chi connectivity index (χ1n) is 8.18. The first kappa shape index (κ1) is 15.9. The Balaban J connectivity index is 1.61. The van der Waals surface area contributed by atoms with E-state index < -0.39 is 5.97 Å². The minimum absolute atomic E-state index is 0.208. The molecule has 128 valence electrons. The van der Waals surface area contributed by atoms with Crippen LogP contribution in [0.4, 0.5) is 0 Å². The monoisotopic (exact) mass is 344 g/mol. The maximum atomic E-state index is 11.2. The first-order chi connectivity index (χ1) is 12.7. The molecule has 0 fully saturated rings. The van der Waals surface area contributed by atoms with Gasteiger partial charge in [0.1, 0.15) is 18.2 Å². The van der Waals surface area contributed by atoms with E-state index >= 15 is 0 Å². The number of ether oxygens (including phenoxy) is 1. The average Bonchev–Trinajstić information content (AvgIpc) is 3.10. The highest BCUT2D eigenvalue weighted by atomic mass is 16.5. The third-order valence-corrected chi connectivity index (χ3v) is 4.15. The summed E-state index contributed by atoms with van der Waals surface area (Å²) in [5, 5.41) is 10.2. The normalized spacial score (nSPS) is 10.8. The lowest BCUT2D eigenvalue weighted by atomic mass is 10.2. The molecule has 0 aliphatic heterocycles. The lowest BCUT2D eigenvalue weighted by molar-refractivity contribution is 0.0696. The highest BCUT2D eigenvalue weighted by Crippen LogP contribution is 2.25. The zero-order valence-corrected chi connectivity index (χ0v) is 13.9. The standard InChI is InChI=1S/C21H16N2O3/c24-21(25)17-8-10-22-20(13-17)23-11-9-16-12-18(6-7-19(16)23)26-14-15-4-2-1-3-5-15/h1-13H,14H2,(H,24,25). The number of aromatic nitrogens is 2. The van der Waals surface area contributed by atoms with Gasteiger partial charge in [-0.2, -0.15) is 0 Å². The summed E-state index contributed by atoms with van der Waals surface area (Å²) in [6, 6.07) is 20.8. The van der Waals surface area contributed by atoms with Gasteiger partial charge in [0.2, 0.25) is 0 Å². The number of carbonyl (C=O) groups is 1. The summed E-state index contributed by atoms with van der Waals surface area (Å²) in [6.45, 7) is 0.509. The number of hydrogen-bond acceptors (Lipinski definition) is 3. The summed E-state index contributed by atoms with van der Waals surface area (Å²) < 4.78 is 7.73. The van der Waals surface area contributed by atoms with Gasteiger partial charge in [-0.3, -0.25) is 0 Å². The first-order valence-corrected chi connectivity index (χ1v) is 8.18. The second-order valence-corrected chi connectivity index (χ2v) is 5.89. The van der Waals surface area contributed by atoms with Gasteiger partial charge in [-0.15, -0.1) is 0 Å². The van der Waals surface area contributed by atoms with E-state index in [1.165, 1.54) is 12.3 Å². The maximum Gasteiger partial charge on any atom is 0.335 e. The molecule has 0 radical (unpaired) electrons. The molecule has 2 aromatic heterocycles. The second kappa shape index (κ2) is 6.72. The molecule has 0 saturated heterocycles. The predicted molar refractivity (Wildman–Crippen MR) is 98.8 cm³/mol. The SMILES string of the molecule is O=C(O)c1ccnc(-n2ccc3cc(OCc4ccccc4)ccc32)c1. The van der Waals surface area contributed by atoms with E-state index in [9.17, 15) is 4.79 Å². The van der Waals surface area contributed by atoms with Crippen molar-refractivity contribution in [3.63, 3.8) is 0 Å². The van der Waals surface area contributed by atoms with Crippen molar-refractivity contribution in [2.24, 2.45) is 0 Å². The van der Waals surface area contributed by atoms with E-state index in [-0.39, 0.29) is 5.56 Å². The number of carboxylic acids is 1. The molecule has 0 saturated carbocycles. The van der Waals surface area contributed by atoms with Gasteiger partial charge in [0.15, 0.2) is 0 Å². The van der Waals surface area contributed by atoms with Gasteiger partial charge in [0, 0.05) is 17.8 Å². The molecule has 2 heterocycles. The largest absolute Gasteiger partial charge is 0.489 e. The lowest BCUT2D eigenvalue weighted by Gasteiger charge is -2.08. The fraction of sp³-hybridized carbons (Fsp3) is 0.0476. The summed E-state index contributed by atoms with van der Waals surface area (Å²) in [4.78, 5) is 15.4. The van der Waals surface area contributed by atoms with Crippen LogP contribution in [0.25, 0.3) is 16.7 Å². The van der Waals surface area contributed by atoms with Crippen molar-refractivity contribution in [1.29, 1.82) is 0 Å². The number of fused-ring (bicyclic) bond motifs is 1. The Bertz CT molecular complexity index is 1070. The van der Waals surface area contributed by atoms with Gasteiger partial charge < -0.3 is 14.4 Å². The summed E-state index contributed by atoms with van der Waals surface area (Å²) in [6.07, 6.45) is 3.38. The van der Waals surface area contributed by atoms with Crippen LogP contribution in [0.1, 0.15) is 15.9 Å². The van der Waals surface area contributed by atoms with Gasteiger partial charge in [0.25, 0.3) is 0 Å². The van der Waals surface area contributed by atoms with Crippen molar-refractivity contribution in [3.05, 3.63) is 90.3 Å². The van der Waals surface area contributed by atoms with Crippen LogP contribution >= 0.6 is 0 Å². The third kappa shape index (κ3) is 3.15. The number of rotatable bonds is 5. The highest BCUT2D eigenvalue weighted by Gasteiger charge is 2.09. The van der Waals surface area contributed by atoms with Crippen LogP contribution in [0.2, 0.25) is 0 Å². The molecule has 0 bridgehead atoms. The molecule has 5 heteroatoms. The Hall–Kier alpha value is -3.60. The van der Waals surface area contributed by atoms with Gasteiger partial charge in [0.05, 0.1) is 11.1 Å². The van der Waals surface area contributed by atoms with Crippen molar-refractivity contribution in [3.8, 4) is 11.6 Å². The van der Waals surface area contributed by atoms with E-state index in [2.05, 4.69) is 4.98 Å². The number of nitrogens with zero attached hydrogens (tertiary/aromatic N) is 2. The molecule has 5 nitrogen and oxygen atoms in total. The van der Waals surface area contributed by atoms with Crippen LogP contribution in [0.15, 0.2) is 79.1 Å². The van der Waals surface area contributed by atoms with E-state index in [0.717, 1.165) is 22.2 Å². The van der Waals surface area contributed by atoms with Crippen LogP contribution in [0.5, 0.6) is 5.75 Å². The van der Waals surface area contributed by atoms with E-state index in [1.54, 1.807) is 6.07 Å². The lowest BCUT2D eigenvalue weighted by Crippen LogP contribution is -2.01. The van der Waals surface area contributed by atoms with Crippen LogP contribution in [-0.4, -0.2) is 20.6 Å². The van der Waals surface area contributed by atoms with Crippen LogP contribution in [0, 0.1) is 0 Å². The number of aromatic carboxylic acids is 1. The molecule has 26 heavy (non-hydrogen) atoms. The zero-order valence-electron chi connectivity index (χ0n) is 13.9. The molecule has 1 N–H and O–H groups in total. The molecule has 0 atom stereocenters. The van der Waals surface area contributed by atoms with Gasteiger partial charge in [-0.1, -0.05) is 30.3 Å². The topological polar surface area (TPSA) is 64.3 Å². The number of carboxylic acid groups (broad SMARTS) is 1. The van der Waals surface area contributed by atoms with Crippen molar-refractivity contribution in [1.82, 2.24) is 9.55 Å². The summed E-state index contributed by atoms with van der Waals surface area (Å²) in [7, 11) is 0. The van der Waals surface area contributed by atoms with Crippen LogP contribution in [0.3, 0.4) is 0 Å². The molecule has 0 amide bonds. The Morgan fingerprint density at radius 2 is 1.88 bits per heavy atom. The van der Waals surface area contributed by atoms with E-state index in [0.29, 0.717) is 12.4 Å². The van der Waals surface area contributed by atoms with Gasteiger partial charge in [-0.05, 0) is 42.0 Å². The average molecular weight is 344 g/mol. The van der Waals surface area contributed by atoms with E-state index in [4.69, 9.17) is 9.84 Å². The third-order valence-electron chi connectivity index (χ3n) is 4.15. The Labute approximate surface area is 150 Å². The Morgan fingerprint density at radius 3 is 2.69 bits per heavy atom. The quantitative estimate of drug-likeness (QED) is 0.586. The zero-order chi connectivity index (χ0) is 17.9. The second-order valence-electron chi connectivity index (χ2n) is 5.89. The molecule has 0 unspecified atom stereocenters. The molecule has 0 spiro atoms. The summed E-state index contributed by atoms with van der Waals surface area (Å²) in [5.41, 5.74) is 2.26. The summed E-state index contributed by atoms with van der Waals surface area (Å²) >= 11 is 0. The molecular formula is C21H16N2O3. The Kier molecular flexibility index (Phi) is 4.11. The molecule has 2 aromatic carbocycles. The minimum atomic E-state index is -0.971. The van der Waals surface area contributed by atoms with Crippen molar-refractivity contribution >= 4 is 16.9 Å². The molecular weight excluding hydrogens is 328 g/mol. The smallest absolute Gasteiger partial charge is 0.335 e. The van der Waals surface area contributed by atoms with Gasteiger partial charge >= 0.3 is 5.97 Å². The Morgan fingerprint density at radius 1 is 1.04 bits per heavy atom. The maximum absolute atomic E-state index is 11.2. The molecule has 4 rings (SSSR count). The minimum Gasteiger partial charge on any atom is -0.489 e. The highest BCUT2D eigenvalue weighted by molar-refractivity contribution is 5.88. The predicted octanol–water partition coefficient (Wildman–Crippen LogP) is 4.30. The summed E-state index contributed by atoms with van der Waals surface area (Å²) in [5.74, 6) is 0.380. The van der Waals surface area contributed by atoms with Crippen molar-refractivity contribution in [2.45, 2.75) is 6.61 Å². The molecule has 0 aliphatic rings. The number of pyridine rings is 1. The number of hydrogen-bond donors (Lipinski definition) is 1. The van der Waals surface area contributed by atoms with Crippen LogP contribution < -0.4 is 4.74 Å². The molecule has 4 aromatic rings. The van der Waals surface area contributed by atoms with Crippen molar-refractivity contribution < 1.29 is 14.6 Å². The van der Waals surface area contributed by atoms with Crippen LogP contribution in [-0.2, 0) is 6.61 Å². The fourth-order valence-electron chi connectivity index (χ4n) is 2.83. The number of benzene rings is 2. The van der Waals surface area contributed by atoms with Gasteiger partial charge in [-0.25, -0.2) is 9.78 Å². The molecule has 0 aliphatic carbocycles. The van der Waals surface area contributed by atoms with Crippen molar-refractivity contribution in [2.75, 3.05) is 0 Å². The van der Waals surface area contributed by atoms with E-state index in [1.807, 2.05) is 65.4 Å². The fourth-order valence-corrected chi connectivity index (χ4v) is 2.83.